The van der Waals surface area contributed by atoms with Crippen molar-refractivity contribution < 1.29 is 0 Å². The van der Waals surface area contributed by atoms with Gasteiger partial charge in [0.2, 0.25) is 0 Å². The molecule has 2 heteroatoms. The van der Waals surface area contributed by atoms with E-state index in [1.807, 2.05) is 0 Å². The zero-order valence-corrected chi connectivity index (χ0v) is 29.4. The highest BCUT2D eigenvalue weighted by Crippen LogP contribution is 2.44. The summed E-state index contributed by atoms with van der Waals surface area (Å²) in [6, 6.07) is 70.4. The van der Waals surface area contributed by atoms with Gasteiger partial charge < -0.3 is 9.47 Å². The van der Waals surface area contributed by atoms with Crippen molar-refractivity contribution in [2.24, 2.45) is 0 Å². The van der Waals surface area contributed by atoms with Crippen LogP contribution in [-0.4, -0.2) is 4.57 Å². The lowest BCUT2D eigenvalue weighted by Crippen LogP contribution is -2.11. The average molecular weight is 667 g/mol. The minimum atomic E-state index is 1.09. The Hall–Kier alpha value is -6.64. The van der Waals surface area contributed by atoms with Gasteiger partial charge >= 0.3 is 0 Å². The molecule has 52 heavy (non-hydrogen) atoms. The molecule has 2 nitrogen and oxygen atoms in total. The molecule has 1 heterocycles. The molecule has 0 unspecified atom stereocenters. The summed E-state index contributed by atoms with van der Waals surface area (Å²) in [7, 11) is 0. The van der Waals surface area contributed by atoms with E-state index >= 15 is 0 Å². The molecule has 1 aromatic heterocycles. The first kappa shape index (κ1) is 31.3. The zero-order chi connectivity index (χ0) is 35.0. The minimum absolute atomic E-state index is 1.09. The van der Waals surface area contributed by atoms with Gasteiger partial charge in [-0.2, -0.15) is 0 Å². The number of nitrogens with zero attached hydrogens (tertiary/aromatic N) is 2. The van der Waals surface area contributed by atoms with Crippen molar-refractivity contribution in [2.45, 2.75) is 13.8 Å². The van der Waals surface area contributed by atoms with Gasteiger partial charge in [0.25, 0.3) is 0 Å². The summed E-state index contributed by atoms with van der Waals surface area (Å²) in [5.41, 5.74) is 16.5. The predicted molar refractivity (Wildman–Crippen MR) is 221 cm³/mol. The molecular formula is C50H38N2. The maximum absolute atomic E-state index is 2.47. The monoisotopic (exact) mass is 666 g/mol. The van der Waals surface area contributed by atoms with Crippen LogP contribution in [0, 0.1) is 13.8 Å². The first-order chi connectivity index (χ1) is 25.6. The molecule has 0 saturated heterocycles. The first-order valence-electron chi connectivity index (χ1n) is 17.9. The smallest absolute Gasteiger partial charge is 0.0562 e. The van der Waals surface area contributed by atoms with Crippen molar-refractivity contribution in [1.82, 2.24) is 4.57 Å². The van der Waals surface area contributed by atoms with Gasteiger partial charge in [-0.05, 0) is 84.1 Å². The van der Waals surface area contributed by atoms with E-state index in [1.54, 1.807) is 0 Å². The molecule has 0 fully saturated rings. The molecule has 248 valence electrons. The lowest BCUT2D eigenvalue weighted by molar-refractivity contribution is 1.17. The van der Waals surface area contributed by atoms with Gasteiger partial charge in [-0.15, -0.1) is 0 Å². The zero-order valence-electron chi connectivity index (χ0n) is 29.4. The highest BCUT2D eigenvalue weighted by Gasteiger charge is 2.21. The van der Waals surface area contributed by atoms with Gasteiger partial charge in [-0.3, -0.25) is 0 Å². The van der Waals surface area contributed by atoms with Gasteiger partial charge in [0.05, 0.1) is 22.4 Å². The Bertz CT molecular complexity index is 2690. The standard InChI is InChI=1S/C50H38N2/c1-35-14-13-19-40(32-35)44-30-24-36(2)33-49(44)52-48-23-12-10-21-45(48)46-31-29-42(34-50(46)52)51(41-27-25-38(26-28-41)37-15-5-3-6-16-37)47-22-11-9-20-43(47)39-17-7-4-8-18-39/h3-34H,1-2H3. The van der Waals surface area contributed by atoms with E-state index in [0.717, 1.165) is 17.1 Å². The third-order valence-corrected chi connectivity index (χ3v) is 10.1. The summed E-state index contributed by atoms with van der Waals surface area (Å²) < 4.78 is 2.47. The molecule has 0 aliphatic heterocycles. The topological polar surface area (TPSA) is 8.17 Å². The third-order valence-electron chi connectivity index (χ3n) is 10.1. The Morgan fingerprint density at radius 3 is 1.77 bits per heavy atom. The quantitative estimate of drug-likeness (QED) is 0.164. The van der Waals surface area contributed by atoms with Crippen LogP contribution < -0.4 is 4.90 Å². The summed E-state index contributed by atoms with van der Waals surface area (Å²) in [6.45, 7) is 4.35. The molecule has 8 aromatic carbocycles. The number of hydrogen-bond acceptors (Lipinski definition) is 1. The number of anilines is 3. The molecular weight excluding hydrogens is 629 g/mol. The molecule has 9 rings (SSSR count). The van der Waals surface area contributed by atoms with Crippen LogP contribution in [0.25, 0.3) is 60.9 Å². The normalized spacial score (nSPS) is 11.3. The van der Waals surface area contributed by atoms with Crippen LogP contribution in [0.15, 0.2) is 194 Å². The van der Waals surface area contributed by atoms with Crippen molar-refractivity contribution in [3.05, 3.63) is 205 Å². The lowest BCUT2D eigenvalue weighted by atomic mass is 9.99. The highest BCUT2D eigenvalue weighted by atomic mass is 15.1. The number of aromatic nitrogens is 1. The number of benzene rings is 8. The minimum Gasteiger partial charge on any atom is -0.310 e. The number of aryl methyl sites for hydroxylation is 2. The largest absolute Gasteiger partial charge is 0.310 e. The van der Waals surface area contributed by atoms with Crippen molar-refractivity contribution in [1.29, 1.82) is 0 Å². The Morgan fingerprint density at radius 1 is 0.365 bits per heavy atom. The van der Waals surface area contributed by atoms with Crippen LogP contribution in [0.1, 0.15) is 11.1 Å². The van der Waals surface area contributed by atoms with Crippen LogP contribution in [0.4, 0.5) is 17.1 Å². The number of rotatable bonds is 7. The van der Waals surface area contributed by atoms with E-state index in [1.165, 1.54) is 72.0 Å². The molecule has 0 spiro atoms. The fourth-order valence-corrected chi connectivity index (χ4v) is 7.63. The van der Waals surface area contributed by atoms with Crippen molar-refractivity contribution in [2.75, 3.05) is 4.90 Å². The maximum atomic E-state index is 2.47. The molecule has 9 aromatic rings. The fraction of sp³-hybridized carbons (Fsp3) is 0.0400. The van der Waals surface area contributed by atoms with Gasteiger partial charge in [0.15, 0.2) is 0 Å². The van der Waals surface area contributed by atoms with E-state index in [4.69, 9.17) is 0 Å². The average Bonchev–Trinajstić information content (AvgIpc) is 3.53. The van der Waals surface area contributed by atoms with Crippen LogP contribution >= 0.6 is 0 Å². The van der Waals surface area contributed by atoms with Gasteiger partial charge in [-0.25, -0.2) is 0 Å². The summed E-state index contributed by atoms with van der Waals surface area (Å²) in [5, 5.41) is 2.47. The lowest BCUT2D eigenvalue weighted by Gasteiger charge is -2.28. The summed E-state index contributed by atoms with van der Waals surface area (Å²) in [4.78, 5) is 2.41. The van der Waals surface area contributed by atoms with Crippen LogP contribution in [0.2, 0.25) is 0 Å². The second-order valence-corrected chi connectivity index (χ2v) is 13.6. The SMILES string of the molecule is Cc1cccc(-c2ccc(C)cc2-n2c3ccccc3c3ccc(N(c4ccc(-c5ccccc5)cc4)c4ccccc4-c4ccccc4)cc32)c1. The predicted octanol–water partition coefficient (Wildman–Crippen LogP) is 13.9. The summed E-state index contributed by atoms with van der Waals surface area (Å²) >= 11 is 0. The second-order valence-electron chi connectivity index (χ2n) is 13.6. The third kappa shape index (κ3) is 5.65. The fourth-order valence-electron chi connectivity index (χ4n) is 7.63. The van der Waals surface area contributed by atoms with Gasteiger partial charge in [0, 0.05) is 33.3 Å². The molecule has 0 aliphatic rings. The summed E-state index contributed by atoms with van der Waals surface area (Å²) in [6.07, 6.45) is 0. The Labute approximate surface area is 305 Å². The molecule has 0 bridgehead atoms. The Kier molecular flexibility index (Phi) is 7.98. The van der Waals surface area contributed by atoms with Crippen LogP contribution in [0.3, 0.4) is 0 Å². The van der Waals surface area contributed by atoms with Crippen LogP contribution in [-0.2, 0) is 0 Å². The van der Waals surface area contributed by atoms with Crippen molar-refractivity contribution in [3.63, 3.8) is 0 Å². The van der Waals surface area contributed by atoms with Crippen LogP contribution in [0.5, 0.6) is 0 Å². The maximum Gasteiger partial charge on any atom is 0.0562 e. The Balaban J connectivity index is 1.30. The number of para-hydroxylation sites is 2. The van der Waals surface area contributed by atoms with Crippen molar-refractivity contribution >= 4 is 38.9 Å². The van der Waals surface area contributed by atoms with E-state index in [9.17, 15) is 0 Å². The van der Waals surface area contributed by atoms with Gasteiger partial charge in [-0.1, -0.05) is 157 Å². The van der Waals surface area contributed by atoms with E-state index < -0.39 is 0 Å². The van der Waals surface area contributed by atoms with E-state index in [2.05, 4.69) is 217 Å². The highest BCUT2D eigenvalue weighted by molar-refractivity contribution is 6.11. The first-order valence-corrected chi connectivity index (χ1v) is 17.9. The molecule has 0 N–H and O–H groups in total. The summed E-state index contributed by atoms with van der Waals surface area (Å²) in [5.74, 6) is 0. The van der Waals surface area contributed by atoms with Gasteiger partial charge in [0.1, 0.15) is 0 Å². The molecule has 0 radical (unpaired) electrons. The molecule has 0 amide bonds. The second kappa shape index (κ2) is 13.2. The van der Waals surface area contributed by atoms with E-state index in [0.29, 0.717) is 0 Å². The van der Waals surface area contributed by atoms with Crippen molar-refractivity contribution in [3.8, 4) is 39.1 Å². The Morgan fingerprint density at radius 2 is 0.981 bits per heavy atom. The molecule has 0 atom stereocenters. The number of fused-ring (bicyclic) bond motifs is 3. The molecule has 0 saturated carbocycles. The van der Waals surface area contributed by atoms with E-state index in [-0.39, 0.29) is 0 Å². The number of hydrogen-bond donors (Lipinski definition) is 0. The molecule has 0 aliphatic carbocycles.